The summed E-state index contributed by atoms with van der Waals surface area (Å²) in [5, 5.41) is 5.69. The minimum absolute atomic E-state index is 0.248. The zero-order chi connectivity index (χ0) is 16.7. The molecule has 2 aromatic rings. The standard InChI is InChI=1S/C16H18N4O3/c1-4-7-17-15(21)11-9-18-16(19-10-11)20-12-5-6-13(22-2)14(8-12)23-3/h4-6,8-10H,1,7H2,2-3H3,(H,17,21)(H,18,19,20). The van der Waals surface area contributed by atoms with Gasteiger partial charge in [-0.15, -0.1) is 6.58 Å². The highest BCUT2D eigenvalue weighted by Crippen LogP contribution is 2.30. The van der Waals surface area contributed by atoms with Crippen LogP contribution in [0, 0.1) is 0 Å². The average Bonchev–Trinajstić information content (AvgIpc) is 2.60. The van der Waals surface area contributed by atoms with Crippen molar-refractivity contribution in [3.63, 3.8) is 0 Å². The highest BCUT2D eigenvalue weighted by molar-refractivity contribution is 5.93. The Kier molecular flexibility index (Phi) is 5.51. The van der Waals surface area contributed by atoms with Crippen LogP contribution in [0.5, 0.6) is 11.5 Å². The molecule has 0 fully saturated rings. The lowest BCUT2D eigenvalue weighted by Gasteiger charge is -2.10. The molecule has 7 nitrogen and oxygen atoms in total. The number of hydrogen-bond acceptors (Lipinski definition) is 6. The van der Waals surface area contributed by atoms with E-state index in [1.807, 2.05) is 6.07 Å². The number of ether oxygens (including phenoxy) is 2. The first-order valence-corrected chi connectivity index (χ1v) is 6.88. The summed E-state index contributed by atoms with van der Waals surface area (Å²) < 4.78 is 10.4. The minimum Gasteiger partial charge on any atom is -0.493 e. The predicted octanol–water partition coefficient (Wildman–Crippen LogP) is 2.15. The fraction of sp³-hybridized carbons (Fsp3) is 0.188. The largest absolute Gasteiger partial charge is 0.493 e. The normalized spacial score (nSPS) is 9.83. The highest BCUT2D eigenvalue weighted by Gasteiger charge is 2.08. The van der Waals surface area contributed by atoms with Crippen molar-refractivity contribution in [1.82, 2.24) is 15.3 Å². The van der Waals surface area contributed by atoms with Gasteiger partial charge in [-0.1, -0.05) is 6.08 Å². The molecule has 120 valence electrons. The molecular formula is C16H18N4O3. The first-order valence-electron chi connectivity index (χ1n) is 6.88. The monoisotopic (exact) mass is 314 g/mol. The third kappa shape index (κ3) is 4.19. The number of hydrogen-bond donors (Lipinski definition) is 2. The van der Waals surface area contributed by atoms with E-state index in [1.54, 1.807) is 32.4 Å². The van der Waals surface area contributed by atoms with Gasteiger partial charge in [-0.3, -0.25) is 4.79 Å². The summed E-state index contributed by atoms with van der Waals surface area (Å²) >= 11 is 0. The second kappa shape index (κ2) is 7.79. The predicted molar refractivity (Wildman–Crippen MR) is 87.4 cm³/mol. The maximum Gasteiger partial charge on any atom is 0.254 e. The van der Waals surface area contributed by atoms with Crippen molar-refractivity contribution in [1.29, 1.82) is 0 Å². The molecule has 2 rings (SSSR count). The van der Waals surface area contributed by atoms with Gasteiger partial charge in [0, 0.05) is 30.7 Å². The number of carbonyl (C=O) groups excluding carboxylic acids is 1. The van der Waals surface area contributed by atoms with E-state index in [1.165, 1.54) is 12.4 Å². The van der Waals surface area contributed by atoms with Crippen LogP contribution in [-0.4, -0.2) is 36.6 Å². The quantitative estimate of drug-likeness (QED) is 0.762. The Bertz CT molecular complexity index is 686. The van der Waals surface area contributed by atoms with E-state index in [0.717, 1.165) is 5.69 Å². The molecule has 0 aliphatic rings. The summed E-state index contributed by atoms with van der Waals surface area (Å²) in [5.41, 5.74) is 1.12. The van der Waals surface area contributed by atoms with Crippen LogP contribution < -0.4 is 20.1 Å². The molecule has 1 aromatic heterocycles. The van der Waals surface area contributed by atoms with Gasteiger partial charge in [0.05, 0.1) is 19.8 Å². The second-order valence-electron chi connectivity index (χ2n) is 4.49. The Morgan fingerprint density at radius 3 is 2.52 bits per heavy atom. The number of carbonyl (C=O) groups is 1. The zero-order valence-corrected chi connectivity index (χ0v) is 13.0. The van der Waals surface area contributed by atoms with Gasteiger partial charge in [-0.2, -0.15) is 0 Å². The minimum atomic E-state index is -0.248. The van der Waals surface area contributed by atoms with Crippen molar-refractivity contribution in [2.75, 3.05) is 26.1 Å². The van der Waals surface area contributed by atoms with Crippen LogP contribution in [0.3, 0.4) is 0 Å². The molecular weight excluding hydrogens is 296 g/mol. The molecule has 1 amide bonds. The third-order valence-electron chi connectivity index (χ3n) is 2.96. The number of methoxy groups -OCH3 is 2. The van der Waals surface area contributed by atoms with Crippen molar-refractivity contribution in [2.24, 2.45) is 0 Å². The summed E-state index contributed by atoms with van der Waals surface area (Å²) in [4.78, 5) is 20.0. The summed E-state index contributed by atoms with van der Waals surface area (Å²) in [6.07, 6.45) is 4.51. The molecule has 0 atom stereocenters. The molecule has 7 heteroatoms. The van der Waals surface area contributed by atoms with Crippen LogP contribution in [0.15, 0.2) is 43.2 Å². The summed E-state index contributed by atoms with van der Waals surface area (Å²) in [6, 6.07) is 5.36. The van der Waals surface area contributed by atoms with Crippen molar-refractivity contribution < 1.29 is 14.3 Å². The number of rotatable bonds is 7. The Morgan fingerprint density at radius 1 is 1.22 bits per heavy atom. The Morgan fingerprint density at radius 2 is 1.91 bits per heavy atom. The van der Waals surface area contributed by atoms with Gasteiger partial charge in [0.1, 0.15) is 0 Å². The molecule has 0 spiro atoms. The summed E-state index contributed by atoms with van der Waals surface area (Å²) in [7, 11) is 3.14. The Hall–Kier alpha value is -3.09. The lowest BCUT2D eigenvalue weighted by atomic mass is 10.2. The van der Waals surface area contributed by atoms with E-state index in [0.29, 0.717) is 29.6 Å². The second-order valence-corrected chi connectivity index (χ2v) is 4.49. The van der Waals surface area contributed by atoms with Crippen molar-refractivity contribution >= 4 is 17.5 Å². The van der Waals surface area contributed by atoms with Gasteiger partial charge in [-0.25, -0.2) is 9.97 Å². The van der Waals surface area contributed by atoms with Gasteiger partial charge in [0.25, 0.3) is 5.91 Å². The Balaban J connectivity index is 2.09. The number of nitrogens with zero attached hydrogens (tertiary/aromatic N) is 2. The van der Waals surface area contributed by atoms with E-state index in [2.05, 4.69) is 27.2 Å². The van der Waals surface area contributed by atoms with E-state index < -0.39 is 0 Å². The average molecular weight is 314 g/mol. The maximum atomic E-state index is 11.7. The molecule has 0 saturated carbocycles. The maximum absolute atomic E-state index is 11.7. The van der Waals surface area contributed by atoms with Gasteiger partial charge in [0.15, 0.2) is 11.5 Å². The van der Waals surface area contributed by atoms with Crippen LogP contribution >= 0.6 is 0 Å². The van der Waals surface area contributed by atoms with E-state index >= 15 is 0 Å². The van der Waals surface area contributed by atoms with Gasteiger partial charge >= 0.3 is 0 Å². The fourth-order valence-corrected chi connectivity index (χ4v) is 1.82. The van der Waals surface area contributed by atoms with Crippen LogP contribution in [-0.2, 0) is 0 Å². The first-order chi connectivity index (χ1) is 11.2. The van der Waals surface area contributed by atoms with E-state index in [4.69, 9.17) is 9.47 Å². The Labute approximate surface area is 134 Å². The molecule has 0 radical (unpaired) electrons. The molecule has 0 aliphatic carbocycles. The van der Waals surface area contributed by atoms with E-state index in [9.17, 15) is 4.79 Å². The lowest BCUT2D eigenvalue weighted by molar-refractivity contribution is 0.0957. The van der Waals surface area contributed by atoms with Gasteiger partial charge in [0.2, 0.25) is 5.95 Å². The summed E-state index contributed by atoms with van der Waals surface area (Å²) in [6.45, 7) is 3.93. The summed E-state index contributed by atoms with van der Waals surface area (Å²) in [5.74, 6) is 1.35. The van der Waals surface area contributed by atoms with Crippen molar-refractivity contribution in [3.05, 3.63) is 48.8 Å². The smallest absolute Gasteiger partial charge is 0.254 e. The van der Waals surface area contributed by atoms with Gasteiger partial charge < -0.3 is 20.1 Å². The molecule has 0 saturated heterocycles. The fourth-order valence-electron chi connectivity index (χ4n) is 1.82. The number of anilines is 2. The molecule has 1 heterocycles. The van der Waals surface area contributed by atoms with Crippen LogP contribution in [0.25, 0.3) is 0 Å². The van der Waals surface area contributed by atoms with E-state index in [-0.39, 0.29) is 5.91 Å². The SMILES string of the molecule is C=CCNC(=O)c1cnc(Nc2ccc(OC)c(OC)c2)nc1. The number of benzene rings is 1. The number of amides is 1. The van der Waals surface area contributed by atoms with Crippen molar-refractivity contribution in [3.8, 4) is 11.5 Å². The lowest BCUT2D eigenvalue weighted by Crippen LogP contribution is -2.23. The molecule has 0 aliphatic heterocycles. The third-order valence-corrected chi connectivity index (χ3v) is 2.96. The topological polar surface area (TPSA) is 85.4 Å². The number of nitrogens with one attached hydrogen (secondary N) is 2. The molecule has 0 unspecified atom stereocenters. The van der Waals surface area contributed by atoms with Crippen LogP contribution in [0.2, 0.25) is 0 Å². The van der Waals surface area contributed by atoms with Gasteiger partial charge in [-0.05, 0) is 12.1 Å². The zero-order valence-electron chi connectivity index (χ0n) is 13.0. The molecule has 2 N–H and O–H groups in total. The molecule has 1 aromatic carbocycles. The molecule has 23 heavy (non-hydrogen) atoms. The van der Waals surface area contributed by atoms with Crippen LogP contribution in [0.1, 0.15) is 10.4 Å². The highest BCUT2D eigenvalue weighted by atomic mass is 16.5. The first kappa shape index (κ1) is 16.3. The number of aromatic nitrogens is 2. The van der Waals surface area contributed by atoms with Crippen molar-refractivity contribution in [2.45, 2.75) is 0 Å². The molecule has 0 bridgehead atoms. The van der Waals surface area contributed by atoms with Crippen LogP contribution in [0.4, 0.5) is 11.6 Å².